The van der Waals surface area contributed by atoms with Crippen molar-refractivity contribution in [2.45, 2.75) is 13.2 Å². The van der Waals surface area contributed by atoms with E-state index in [-0.39, 0.29) is 6.61 Å². The Balaban J connectivity index is 0.000000293. The standard InChI is InChI=1S/C23H20ClNO2.C7H5BrClNO2/c1-2-20-13-14-21(15-22(20)24)25(16-18-9-5-3-6-10-18)23(26)27-17-19-11-7-4-8-12-19;8-5-2-1-4(3-6(5)9)10-7(11)12/h2-15H,1,16-17H2;1-3,10H,(H,11,12). The van der Waals surface area contributed by atoms with Crippen LogP contribution in [0.25, 0.3) is 6.08 Å². The summed E-state index contributed by atoms with van der Waals surface area (Å²) in [6, 6.07) is 29.6. The van der Waals surface area contributed by atoms with Gasteiger partial charge in [-0.05, 0) is 63.0 Å². The normalized spacial score (nSPS) is 10.0. The number of hydrogen-bond donors (Lipinski definition) is 2. The highest BCUT2D eigenvalue weighted by atomic mass is 79.9. The van der Waals surface area contributed by atoms with Crippen LogP contribution in [0.2, 0.25) is 10.0 Å². The molecule has 0 bridgehead atoms. The summed E-state index contributed by atoms with van der Waals surface area (Å²) in [4.78, 5) is 24.6. The molecule has 0 aliphatic heterocycles. The fourth-order valence-electron chi connectivity index (χ4n) is 3.37. The summed E-state index contributed by atoms with van der Waals surface area (Å²) in [5, 5.41) is 11.6. The zero-order valence-electron chi connectivity index (χ0n) is 20.7. The number of benzene rings is 4. The maximum atomic E-state index is 12.8. The smallest absolute Gasteiger partial charge is 0.414 e. The van der Waals surface area contributed by atoms with Crippen LogP contribution < -0.4 is 10.2 Å². The van der Waals surface area contributed by atoms with Gasteiger partial charge in [0.1, 0.15) is 6.61 Å². The van der Waals surface area contributed by atoms with E-state index in [9.17, 15) is 9.59 Å². The quantitative estimate of drug-likeness (QED) is 0.214. The van der Waals surface area contributed by atoms with E-state index in [1.807, 2.05) is 72.8 Å². The van der Waals surface area contributed by atoms with E-state index in [1.165, 1.54) is 6.07 Å². The maximum absolute atomic E-state index is 12.8. The highest BCUT2D eigenvalue weighted by Gasteiger charge is 2.19. The molecule has 2 N–H and O–H groups in total. The molecule has 0 saturated heterocycles. The van der Waals surface area contributed by atoms with Gasteiger partial charge >= 0.3 is 12.2 Å². The second-order valence-electron chi connectivity index (χ2n) is 8.08. The van der Waals surface area contributed by atoms with Crippen molar-refractivity contribution >= 4 is 68.8 Å². The van der Waals surface area contributed by atoms with Crippen molar-refractivity contribution in [3.8, 4) is 0 Å². The molecular formula is C30H25BrCl2N2O4. The molecule has 4 aromatic carbocycles. The minimum Gasteiger partial charge on any atom is -0.465 e. The molecular weight excluding hydrogens is 603 g/mol. The van der Waals surface area contributed by atoms with Crippen LogP contribution in [0.15, 0.2) is 108 Å². The molecule has 0 aliphatic rings. The van der Waals surface area contributed by atoms with Crippen molar-refractivity contribution in [2.24, 2.45) is 0 Å². The Hall–Kier alpha value is -3.78. The third kappa shape index (κ3) is 9.48. The SMILES string of the molecule is C=Cc1ccc(N(Cc2ccccc2)C(=O)OCc2ccccc2)cc1Cl.O=C(O)Nc1ccc(Br)c(Cl)c1. The number of nitrogens with one attached hydrogen (secondary N) is 1. The zero-order valence-corrected chi connectivity index (χ0v) is 23.8. The van der Waals surface area contributed by atoms with E-state index in [0.717, 1.165) is 21.2 Å². The zero-order chi connectivity index (χ0) is 28.2. The Morgan fingerprint density at radius 1 is 0.897 bits per heavy atom. The number of nitrogens with zero attached hydrogens (tertiary/aromatic N) is 1. The van der Waals surface area contributed by atoms with Crippen molar-refractivity contribution in [3.63, 3.8) is 0 Å². The molecule has 39 heavy (non-hydrogen) atoms. The van der Waals surface area contributed by atoms with Gasteiger partial charge in [-0.3, -0.25) is 10.2 Å². The van der Waals surface area contributed by atoms with Crippen LogP contribution in [-0.2, 0) is 17.9 Å². The molecule has 0 heterocycles. The number of amides is 2. The molecule has 4 aromatic rings. The number of anilines is 2. The lowest BCUT2D eigenvalue weighted by molar-refractivity contribution is 0.146. The monoisotopic (exact) mass is 626 g/mol. The van der Waals surface area contributed by atoms with Gasteiger partial charge in [0, 0.05) is 20.9 Å². The number of carbonyl (C=O) groups excluding carboxylic acids is 1. The Labute approximate surface area is 245 Å². The number of ether oxygens (including phenoxy) is 1. The lowest BCUT2D eigenvalue weighted by atomic mass is 10.1. The second-order valence-corrected chi connectivity index (χ2v) is 9.75. The van der Waals surface area contributed by atoms with E-state index < -0.39 is 12.2 Å². The summed E-state index contributed by atoms with van der Waals surface area (Å²) in [6.45, 7) is 4.34. The molecule has 0 atom stereocenters. The second kappa shape index (κ2) is 15.0. The van der Waals surface area contributed by atoms with Gasteiger partial charge in [0.05, 0.1) is 11.6 Å². The van der Waals surface area contributed by atoms with Crippen molar-refractivity contribution < 1.29 is 19.4 Å². The number of carboxylic acid groups (broad SMARTS) is 1. The molecule has 0 fully saturated rings. The highest BCUT2D eigenvalue weighted by molar-refractivity contribution is 9.10. The molecule has 6 nitrogen and oxygen atoms in total. The van der Waals surface area contributed by atoms with E-state index in [2.05, 4.69) is 27.8 Å². The summed E-state index contributed by atoms with van der Waals surface area (Å²) >= 11 is 15.2. The molecule has 0 spiro atoms. The predicted octanol–water partition coefficient (Wildman–Crippen LogP) is 9.52. The van der Waals surface area contributed by atoms with E-state index in [4.69, 9.17) is 33.0 Å². The topological polar surface area (TPSA) is 78.9 Å². The molecule has 0 aliphatic carbocycles. The minimum atomic E-state index is -1.10. The molecule has 200 valence electrons. The van der Waals surface area contributed by atoms with Gasteiger partial charge < -0.3 is 9.84 Å². The summed E-state index contributed by atoms with van der Waals surface area (Å²) in [5.41, 5.74) is 3.88. The lowest BCUT2D eigenvalue weighted by Crippen LogP contribution is -2.31. The van der Waals surface area contributed by atoms with Gasteiger partial charge in [0.25, 0.3) is 0 Å². The number of rotatable bonds is 7. The third-order valence-corrected chi connectivity index (χ3v) is 6.86. The van der Waals surface area contributed by atoms with E-state index >= 15 is 0 Å². The Kier molecular flexibility index (Phi) is 11.4. The first-order valence-corrected chi connectivity index (χ1v) is 13.2. The average molecular weight is 628 g/mol. The maximum Gasteiger partial charge on any atom is 0.414 e. The van der Waals surface area contributed by atoms with Crippen LogP contribution in [-0.4, -0.2) is 17.3 Å². The van der Waals surface area contributed by atoms with Gasteiger partial charge in [-0.1, -0.05) is 103 Å². The van der Waals surface area contributed by atoms with Gasteiger partial charge in [-0.25, -0.2) is 9.59 Å². The summed E-state index contributed by atoms with van der Waals surface area (Å²) in [7, 11) is 0. The van der Waals surface area contributed by atoms with Crippen LogP contribution in [0.5, 0.6) is 0 Å². The van der Waals surface area contributed by atoms with E-state index in [1.54, 1.807) is 29.2 Å². The fourth-order valence-corrected chi connectivity index (χ4v) is 4.05. The Morgan fingerprint density at radius 2 is 1.54 bits per heavy atom. The lowest BCUT2D eigenvalue weighted by Gasteiger charge is -2.23. The van der Waals surface area contributed by atoms with Crippen LogP contribution in [0.3, 0.4) is 0 Å². The van der Waals surface area contributed by atoms with E-state index in [0.29, 0.717) is 28.0 Å². The molecule has 2 amide bonds. The number of hydrogen-bond acceptors (Lipinski definition) is 3. The van der Waals surface area contributed by atoms with Crippen molar-refractivity contribution in [3.05, 3.63) is 135 Å². The van der Waals surface area contributed by atoms with Gasteiger partial charge in [-0.2, -0.15) is 0 Å². The van der Waals surface area contributed by atoms with Crippen molar-refractivity contribution in [1.29, 1.82) is 0 Å². The third-order valence-electron chi connectivity index (χ3n) is 5.30. The molecule has 0 aromatic heterocycles. The van der Waals surface area contributed by atoms with Crippen LogP contribution in [0.1, 0.15) is 16.7 Å². The highest BCUT2D eigenvalue weighted by Crippen LogP contribution is 2.27. The van der Waals surface area contributed by atoms with Crippen molar-refractivity contribution in [1.82, 2.24) is 0 Å². The molecule has 0 unspecified atom stereocenters. The predicted molar refractivity (Wildman–Crippen MR) is 162 cm³/mol. The first kappa shape index (κ1) is 29.8. The van der Waals surface area contributed by atoms with Crippen LogP contribution >= 0.6 is 39.1 Å². The van der Waals surface area contributed by atoms with Crippen molar-refractivity contribution in [2.75, 3.05) is 10.2 Å². The van der Waals surface area contributed by atoms with Gasteiger partial charge in [-0.15, -0.1) is 0 Å². The molecule has 4 rings (SSSR count). The number of halogens is 3. The minimum absolute atomic E-state index is 0.212. The molecule has 0 saturated carbocycles. The molecule has 0 radical (unpaired) electrons. The summed E-state index contributed by atoms with van der Waals surface area (Å²) < 4.78 is 6.27. The van der Waals surface area contributed by atoms with Gasteiger partial charge in [0.2, 0.25) is 0 Å². The Morgan fingerprint density at radius 3 is 2.10 bits per heavy atom. The van der Waals surface area contributed by atoms with Crippen LogP contribution in [0.4, 0.5) is 21.0 Å². The number of carbonyl (C=O) groups is 2. The first-order chi connectivity index (χ1) is 18.8. The van der Waals surface area contributed by atoms with Crippen LogP contribution in [0, 0.1) is 0 Å². The summed E-state index contributed by atoms with van der Waals surface area (Å²) in [6.07, 6.45) is 0.153. The Bertz CT molecular complexity index is 1420. The average Bonchev–Trinajstić information content (AvgIpc) is 2.93. The fraction of sp³-hybridized carbons (Fsp3) is 0.0667. The summed E-state index contributed by atoms with van der Waals surface area (Å²) in [5.74, 6) is 0. The van der Waals surface area contributed by atoms with Gasteiger partial charge in [0.15, 0.2) is 0 Å². The first-order valence-electron chi connectivity index (χ1n) is 11.7. The largest absolute Gasteiger partial charge is 0.465 e. The molecule has 9 heteroatoms.